The van der Waals surface area contributed by atoms with Crippen LogP contribution in [-0.2, 0) is 10.0 Å². The van der Waals surface area contributed by atoms with Crippen molar-refractivity contribution in [2.45, 2.75) is 43.5 Å². The molecule has 0 unspecified atom stereocenters. The average molecular weight is 286 g/mol. The van der Waals surface area contributed by atoms with Crippen LogP contribution in [0.2, 0.25) is 0 Å². The van der Waals surface area contributed by atoms with Gasteiger partial charge in [0.2, 0.25) is 10.0 Å². The molecule has 0 heterocycles. The van der Waals surface area contributed by atoms with Crippen LogP contribution in [0.15, 0.2) is 23.1 Å². The number of para-hydroxylation sites is 1. The van der Waals surface area contributed by atoms with Gasteiger partial charge in [-0.3, -0.25) is 0 Å². The van der Waals surface area contributed by atoms with Gasteiger partial charge < -0.3 is 5.73 Å². The molecule has 4 nitrogen and oxygen atoms in total. The molecule has 1 aliphatic rings. The van der Waals surface area contributed by atoms with Crippen molar-refractivity contribution in [3.05, 3.63) is 24.0 Å². The van der Waals surface area contributed by atoms with Crippen molar-refractivity contribution in [2.24, 2.45) is 5.92 Å². The van der Waals surface area contributed by atoms with E-state index in [2.05, 4.69) is 11.6 Å². The van der Waals surface area contributed by atoms with Gasteiger partial charge in [-0.1, -0.05) is 13.0 Å². The SMILES string of the molecule is CC1CCC(NS(=O)(=O)c2cccc(F)c2N)CC1. The fourth-order valence-corrected chi connectivity index (χ4v) is 3.86. The Morgan fingerprint density at radius 1 is 1.26 bits per heavy atom. The first-order chi connectivity index (χ1) is 8.90. The smallest absolute Gasteiger partial charge is 0.242 e. The molecule has 1 aliphatic carbocycles. The zero-order valence-corrected chi connectivity index (χ0v) is 11.7. The molecular formula is C13H19FN2O2S. The van der Waals surface area contributed by atoms with E-state index in [4.69, 9.17) is 5.73 Å². The summed E-state index contributed by atoms with van der Waals surface area (Å²) >= 11 is 0. The molecule has 19 heavy (non-hydrogen) atoms. The zero-order valence-electron chi connectivity index (χ0n) is 10.9. The Balaban J connectivity index is 2.16. The van der Waals surface area contributed by atoms with Gasteiger partial charge in [0.05, 0.1) is 5.69 Å². The van der Waals surface area contributed by atoms with E-state index in [1.807, 2.05) is 0 Å². The molecule has 1 aromatic carbocycles. The number of nitrogen functional groups attached to an aromatic ring is 1. The quantitative estimate of drug-likeness (QED) is 0.837. The predicted octanol–water partition coefficient (Wildman–Crippen LogP) is 2.26. The molecule has 0 spiro atoms. The lowest BCUT2D eigenvalue weighted by Gasteiger charge is -2.26. The highest BCUT2D eigenvalue weighted by molar-refractivity contribution is 7.89. The van der Waals surface area contributed by atoms with Gasteiger partial charge in [0.1, 0.15) is 10.7 Å². The first kappa shape index (κ1) is 14.3. The van der Waals surface area contributed by atoms with E-state index in [1.54, 1.807) is 0 Å². The molecule has 1 saturated carbocycles. The summed E-state index contributed by atoms with van der Waals surface area (Å²) in [6.45, 7) is 2.16. The molecular weight excluding hydrogens is 267 g/mol. The van der Waals surface area contributed by atoms with Crippen molar-refractivity contribution in [2.75, 3.05) is 5.73 Å². The standard InChI is InChI=1S/C13H19FN2O2S/c1-9-5-7-10(8-6-9)16-19(17,18)12-4-2-3-11(14)13(12)15/h2-4,9-10,16H,5-8,15H2,1H3. The molecule has 0 aliphatic heterocycles. The number of rotatable bonds is 3. The minimum absolute atomic E-state index is 0.0798. The molecule has 0 amide bonds. The summed E-state index contributed by atoms with van der Waals surface area (Å²) < 4.78 is 40.3. The number of halogens is 1. The molecule has 0 atom stereocenters. The van der Waals surface area contributed by atoms with Crippen molar-refractivity contribution >= 4 is 15.7 Å². The van der Waals surface area contributed by atoms with Gasteiger partial charge in [-0.2, -0.15) is 0 Å². The van der Waals surface area contributed by atoms with Crippen molar-refractivity contribution in [3.8, 4) is 0 Å². The van der Waals surface area contributed by atoms with Gasteiger partial charge in [-0.05, 0) is 43.7 Å². The largest absolute Gasteiger partial charge is 0.395 e. The minimum Gasteiger partial charge on any atom is -0.395 e. The Bertz CT molecular complexity index is 552. The Morgan fingerprint density at radius 3 is 2.53 bits per heavy atom. The van der Waals surface area contributed by atoms with E-state index >= 15 is 0 Å². The highest BCUT2D eigenvalue weighted by atomic mass is 32.2. The maximum absolute atomic E-state index is 13.3. The number of hydrogen-bond donors (Lipinski definition) is 2. The first-order valence-corrected chi connectivity index (χ1v) is 7.95. The lowest BCUT2D eigenvalue weighted by atomic mass is 9.88. The van der Waals surface area contributed by atoms with Gasteiger partial charge in [-0.25, -0.2) is 17.5 Å². The summed E-state index contributed by atoms with van der Waals surface area (Å²) in [6.07, 6.45) is 3.64. The predicted molar refractivity (Wildman–Crippen MR) is 72.6 cm³/mol. The first-order valence-electron chi connectivity index (χ1n) is 6.46. The van der Waals surface area contributed by atoms with E-state index in [0.29, 0.717) is 5.92 Å². The number of anilines is 1. The Labute approximate surface area is 113 Å². The highest BCUT2D eigenvalue weighted by Gasteiger charge is 2.26. The fraction of sp³-hybridized carbons (Fsp3) is 0.538. The van der Waals surface area contributed by atoms with Crippen molar-refractivity contribution in [1.82, 2.24) is 4.72 Å². The second kappa shape index (κ2) is 5.46. The lowest BCUT2D eigenvalue weighted by Crippen LogP contribution is -2.37. The number of nitrogens with two attached hydrogens (primary N) is 1. The van der Waals surface area contributed by atoms with Crippen LogP contribution in [0.1, 0.15) is 32.6 Å². The highest BCUT2D eigenvalue weighted by Crippen LogP contribution is 2.26. The molecule has 0 aromatic heterocycles. The van der Waals surface area contributed by atoms with Gasteiger partial charge in [0, 0.05) is 6.04 Å². The Hall–Kier alpha value is -1.14. The van der Waals surface area contributed by atoms with E-state index in [0.717, 1.165) is 31.7 Å². The summed E-state index contributed by atoms with van der Waals surface area (Å²) in [7, 11) is -3.75. The third-order valence-corrected chi connectivity index (χ3v) is 5.22. The lowest BCUT2D eigenvalue weighted by molar-refractivity contribution is 0.332. The molecule has 1 aromatic rings. The van der Waals surface area contributed by atoms with Crippen LogP contribution in [0.25, 0.3) is 0 Å². The summed E-state index contributed by atoms with van der Waals surface area (Å²) in [5, 5.41) is 0. The molecule has 106 valence electrons. The van der Waals surface area contributed by atoms with Crippen LogP contribution < -0.4 is 10.5 Å². The third-order valence-electron chi connectivity index (χ3n) is 3.64. The number of nitrogens with one attached hydrogen (secondary N) is 1. The average Bonchev–Trinajstić information content (AvgIpc) is 2.35. The van der Waals surface area contributed by atoms with E-state index in [1.165, 1.54) is 12.1 Å². The molecule has 2 rings (SSSR count). The van der Waals surface area contributed by atoms with Crippen molar-refractivity contribution < 1.29 is 12.8 Å². The second-order valence-corrected chi connectivity index (χ2v) is 6.91. The Kier molecular flexibility index (Phi) is 4.10. The third kappa shape index (κ3) is 3.25. The molecule has 6 heteroatoms. The molecule has 0 saturated heterocycles. The maximum Gasteiger partial charge on any atom is 0.242 e. The number of hydrogen-bond acceptors (Lipinski definition) is 3. The molecule has 1 fully saturated rings. The molecule has 0 bridgehead atoms. The van der Waals surface area contributed by atoms with E-state index in [9.17, 15) is 12.8 Å². The van der Waals surface area contributed by atoms with Crippen LogP contribution in [0.3, 0.4) is 0 Å². The van der Waals surface area contributed by atoms with Gasteiger partial charge in [-0.15, -0.1) is 0 Å². The summed E-state index contributed by atoms with van der Waals surface area (Å²) in [5.41, 5.74) is 5.18. The molecule has 3 N–H and O–H groups in total. The summed E-state index contributed by atoms with van der Waals surface area (Å²) in [5.74, 6) is -0.0693. The van der Waals surface area contributed by atoms with Crippen LogP contribution >= 0.6 is 0 Å². The van der Waals surface area contributed by atoms with Crippen molar-refractivity contribution in [3.63, 3.8) is 0 Å². The van der Waals surface area contributed by atoms with Crippen LogP contribution in [0.5, 0.6) is 0 Å². The number of benzene rings is 1. The zero-order chi connectivity index (χ0) is 14.0. The maximum atomic E-state index is 13.3. The Morgan fingerprint density at radius 2 is 1.89 bits per heavy atom. The summed E-state index contributed by atoms with van der Waals surface area (Å²) in [6, 6.07) is 3.75. The van der Waals surface area contributed by atoms with Crippen LogP contribution in [-0.4, -0.2) is 14.5 Å². The monoisotopic (exact) mass is 286 g/mol. The minimum atomic E-state index is -3.75. The topological polar surface area (TPSA) is 72.2 Å². The van der Waals surface area contributed by atoms with Gasteiger partial charge >= 0.3 is 0 Å². The second-order valence-electron chi connectivity index (χ2n) is 5.23. The summed E-state index contributed by atoms with van der Waals surface area (Å²) in [4.78, 5) is -0.175. The van der Waals surface area contributed by atoms with Gasteiger partial charge in [0.15, 0.2) is 0 Å². The fourth-order valence-electron chi connectivity index (χ4n) is 2.41. The van der Waals surface area contributed by atoms with E-state index < -0.39 is 15.8 Å². The normalized spacial score (nSPS) is 24.3. The number of sulfonamides is 1. The van der Waals surface area contributed by atoms with Crippen LogP contribution in [0, 0.1) is 11.7 Å². The van der Waals surface area contributed by atoms with Gasteiger partial charge in [0.25, 0.3) is 0 Å². The van der Waals surface area contributed by atoms with Crippen molar-refractivity contribution in [1.29, 1.82) is 0 Å². The van der Waals surface area contributed by atoms with E-state index in [-0.39, 0.29) is 16.6 Å². The molecule has 0 radical (unpaired) electrons. The van der Waals surface area contributed by atoms with Crippen LogP contribution in [0.4, 0.5) is 10.1 Å².